The van der Waals surface area contributed by atoms with Crippen molar-refractivity contribution in [2.24, 2.45) is 10.9 Å². The fourth-order valence-electron chi connectivity index (χ4n) is 3.53. The molecule has 1 fully saturated rings. The lowest BCUT2D eigenvalue weighted by atomic mass is 9.97. The van der Waals surface area contributed by atoms with Crippen LogP contribution in [0.1, 0.15) is 25.3 Å². The first kappa shape index (κ1) is 23.0. The second-order valence-corrected chi connectivity index (χ2v) is 7.90. The molecule has 0 saturated carbocycles. The molecule has 2 N–H and O–H groups in total. The van der Waals surface area contributed by atoms with Crippen molar-refractivity contribution in [1.29, 1.82) is 5.26 Å². The van der Waals surface area contributed by atoms with Gasteiger partial charge in [-0.25, -0.2) is 4.99 Å². The van der Waals surface area contributed by atoms with E-state index in [1.165, 1.54) is 23.2 Å². The third-order valence-electron chi connectivity index (χ3n) is 5.64. The normalized spacial score (nSPS) is 15.9. The van der Waals surface area contributed by atoms with E-state index in [4.69, 9.17) is 5.26 Å². The number of aromatic hydroxyl groups is 1. The molecule has 2 heterocycles. The average Bonchev–Trinajstić information content (AvgIpc) is 3.20. The van der Waals surface area contributed by atoms with Gasteiger partial charge in [0.25, 0.3) is 5.91 Å². The van der Waals surface area contributed by atoms with Crippen LogP contribution in [0, 0.1) is 17.2 Å². The number of nitrogens with one attached hydrogen (secondary N) is 1. The van der Waals surface area contributed by atoms with E-state index in [1.54, 1.807) is 31.2 Å². The Kier molecular flexibility index (Phi) is 7.58. The first-order valence-electron chi connectivity index (χ1n) is 10.5. The highest BCUT2D eigenvalue weighted by molar-refractivity contribution is 5.96. The van der Waals surface area contributed by atoms with Crippen molar-refractivity contribution >= 4 is 11.7 Å². The van der Waals surface area contributed by atoms with Crippen LogP contribution in [0.25, 0.3) is 11.1 Å². The van der Waals surface area contributed by atoms with Gasteiger partial charge in [-0.3, -0.25) is 4.79 Å². The predicted octanol–water partition coefficient (Wildman–Crippen LogP) is 2.92. The summed E-state index contributed by atoms with van der Waals surface area (Å²) in [7, 11) is 2.11. The molecule has 0 radical (unpaired) electrons. The number of carbonyl (C=O) groups excluding carboxylic acids is 1. The Morgan fingerprint density at radius 3 is 2.69 bits per heavy atom. The fraction of sp³-hybridized carbons (Fsp3) is 0.333. The molecule has 32 heavy (non-hydrogen) atoms. The maximum absolute atomic E-state index is 12.5. The number of piperidine rings is 1. The molecule has 2 aromatic rings. The first-order valence-corrected chi connectivity index (χ1v) is 10.5. The summed E-state index contributed by atoms with van der Waals surface area (Å²) in [6.45, 7) is 8.13. The van der Waals surface area contributed by atoms with Gasteiger partial charge in [-0.05, 0) is 63.5 Å². The number of rotatable bonds is 6. The second kappa shape index (κ2) is 10.6. The van der Waals surface area contributed by atoms with Crippen LogP contribution in [0.4, 0.5) is 0 Å². The molecule has 0 spiro atoms. The summed E-state index contributed by atoms with van der Waals surface area (Å²) >= 11 is 0. The van der Waals surface area contributed by atoms with Gasteiger partial charge in [0, 0.05) is 12.7 Å². The number of carbonyl (C=O) groups is 1. The van der Waals surface area contributed by atoms with Crippen molar-refractivity contribution in [2.75, 3.05) is 26.7 Å². The summed E-state index contributed by atoms with van der Waals surface area (Å²) in [6.07, 6.45) is 6.56. The van der Waals surface area contributed by atoms with Crippen molar-refractivity contribution in [1.82, 2.24) is 20.0 Å². The molecule has 1 aromatic heterocycles. The summed E-state index contributed by atoms with van der Waals surface area (Å²) in [5, 5.41) is 26.7. The molecule has 1 aliphatic rings. The van der Waals surface area contributed by atoms with Gasteiger partial charge >= 0.3 is 0 Å². The largest absolute Gasteiger partial charge is 0.493 e. The van der Waals surface area contributed by atoms with Gasteiger partial charge in [0.05, 0.1) is 29.0 Å². The SMILES string of the molecule is C=C/C(=C\N=C(/C)n1ncc(-c2ccc(C#N)cc2)c1O)C(=O)NCC1CCN(C)CC1. The van der Waals surface area contributed by atoms with E-state index in [1.807, 2.05) is 0 Å². The van der Waals surface area contributed by atoms with Gasteiger partial charge in [-0.1, -0.05) is 24.8 Å². The van der Waals surface area contributed by atoms with Crippen molar-refractivity contribution in [3.8, 4) is 23.1 Å². The molecule has 0 aliphatic carbocycles. The molecule has 8 nitrogen and oxygen atoms in total. The van der Waals surface area contributed by atoms with Crippen molar-refractivity contribution < 1.29 is 9.90 Å². The maximum atomic E-state index is 12.5. The number of aliphatic imine (C=N–C) groups is 1. The standard InChI is InChI=1S/C24H28N6O2/c1-4-20(23(31)27-14-19-9-11-29(3)12-10-19)15-26-17(2)30-24(32)22(16-28-30)21-7-5-18(13-25)6-8-21/h4-8,15-16,19,32H,1,9-12,14H2,2-3H3,(H,27,31)/b20-15+,26-17+. The number of benzene rings is 1. The summed E-state index contributed by atoms with van der Waals surface area (Å²) in [6, 6.07) is 8.91. The molecule has 166 valence electrons. The maximum Gasteiger partial charge on any atom is 0.252 e. The zero-order valence-electron chi connectivity index (χ0n) is 18.5. The van der Waals surface area contributed by atoms with E-state index in [0.29, 0.717) is 35.0 Å². The molecule has 1 aromatic carbocycles. The monoisotopic (exact) mass is 432 g/mol. The molecule has 8 heteroatoms. The number of likely N-dealkylation sites (tertiary alicyclic amines) is 1. The van der Waals surface area contributed by atoms with Crippen LogP contribution in [0.2, 0.25) is 0 Å². The first-order chi connectivity index (χ1) is 15.4. The molecule has 1 amide bonds. The molecule has 0 atom stereocenters. The van der Waals surface area contributed by atoms with Crippen LogP contribution in [0.15, 0.2) is 59.9 Å². The van der Waals surface area contributed by atoms with Gasteiger partial charge < -0.3 is 15.3 Å². The number of aromatic nitrogens is 2. The Balaban J connectivity index is 1.68. The third kappa shape index (κ3) is 5.50. The number of nitrogens with zero attached hydrogens (tertiary/aromatic N) is 5. The summed E-state index contributed by atoms with van der Waals surface area (Å²) < 4.78 is 1.29. The molecule has 3 rings (SSSR count). The fourth-order valence-corrected chi connectivity index (χ4v) is 3.53. The van der Waals surface area contributed by atoms with Gasteiger partial charge in [-0.2, -0.15) is 15.0 Å². The zero-order chi connectivity index (χ0) is 23.1. The number of amides is 1. The number of hydrogen-bond donors (Lipinski definition) is 2. The van der Waals surface area contributed by atoms with E-state index in [-0.39, 0.29) is 11.8 Å². The minimum Gasteiger partial charge on any atom is -0.493 e. The molecule has 0 bridgehead atoms. The van der Waals surface area contributed by atoms with Crippen LogP contribution in [0.3, 0.4) is 0 Å². The average molecular weight is 433 g/mol. The van der Waals surface area contributed by atoms with Crippen LogP contribution in [-0.4, -0.2) is 58.2 Å². The van der Waals surface area contributed by atoms with Crippen LogP contribution in [-0.2, 0) is 4.79 Å². The summed E-state index contributed by atoms with van der Waals surface area (Å²) in [5.41, 5.74) is 2.13. The van der Waals surface area contributed by atoms with Crippen molar-refractivity contribution in [3.63, 3.8) is 0 Å². The lowest BCUT2D eigenvalue weighted by Gasteiger charge is -2.28. The number of hydrogen-bond acceptors (Lipinski definition) is 6. The smallest absolute Gasteiger partial charge is 0.252 e. The van der Waals surface area contributed by atoms with Crippen molar-refractivity contribution in [3.05, 3.63) is 60.5 Å². The summed E-state index contributed by atoms with van der Waals surface area (Å²) in [5.74, 6) is 0.577. The molecule has 0 unspecified atom stereocenters. The highest BCUT2D eigenvalue weighted by atomic mass is 16.3. The Hall–Kier alpha value is -3.70. The Bertz CT molecular complexity index is 1070. The highest BCUT2D eigenvalue weighted by Crippen LogP contribution is 2.29. The molecular weight excluding hydrogens is 404 g/mol. The van der Waals surface area contributed by atoms with E-state index >= 15 is 0 Å². The molecule has 1 aliphatic heterocycles. The predicted molar refractivity (Wildman–Crippen MR) is 124 cm³/mol. The van der Waals surface area contributed by atoms with Gasteiger partial charge in [0.2, 0.25) is 5.88 Å². The highest BCUT2D eigenvalue weighted by Gasteiger charge is 2.18. The third-order valence-corrected chi connectivity index (χ3v) is 5.64. The van der Waals surface area contributed by atoms with Crippen LogP contribution < -0.4 is 5.32 Å². The lowest BCUT2D eigenvalue weighted by molar-refractivity contribution is -0.117. The van der Waals surface area contributed by atoms with E-state index in [2.05, 4.69) is 40.0 Å². The topological polar surface area (TPSA) is 107 Å². The van der Waals surface area contributed by atoms with Gasteiger partial charge in [0.1, 0.15) is 5.84 Å². The van der Waals surface area contributed by atoms with Crippen molar-refractivity contribution in [2.45, 2.75) is 19.8 Å². The number of nitriles is 1. The zero-order valence-corrected chi connectivity index (χ0v) is 18.5. The van der Waals surface area contributed by atoms with Crippen LogP contribution >= 0.6 is 0 Å². The van der Waals surface area contributed by atoms with Gasteiger partial charge in [-0.15, -0.1) is 0 Å². The lowest BCUT2D eigenvalue weighted by Crippen LogP contribution is -2.37. The van der Waals surface area contributed by atoms with E-state index in [9.17, 15) is 9.90 Å². The quantitative estimate of drug-likeness (QED) is 0.316. The minimum atomic E-state index is -0.224. The Labute approximate surface area is 188 Å². The van der Waals surface area contributed by atoms with Crippen LogP contribution in [0.5, 0.6) is 5.88 Å². The van der Waals surface area contributed by atoms with E-state index < -0.39 is 0 Å². The van der Waals surface area contributed by atoms with Gasteiger partial charge in [0.15, 0.2) is 0 Å². The van der Waals surface area contributed by atoms with E-state index in [0.717, 1.165) is 31.5 Å². The Morgan fingerprint density at radius 1 is 1.38 bits per heavy atom. The molecule has 1 saturated heterocycles. The molecular formula is C24H28N6O2. The Morgan fingerprint density at radius 2 is 2.06 bits per heavy atom. The second-order valence-electron chi connectivity index (χ2n) is 7.90. The summed E-state index contributed by atoms with van der Waals surface area (Å²) in [4.78, 5) is 19.1. The minimum absolute atomic E-state index is 0.0729.